The van der Waals surface area contributed by atoms with Gasteiger partial charge < -0.3 is 4.74 Å². The highest BCUT2D eigenvalue weighted by Crippen LogP contribution is 2.41. The maximum atomic E-state index is 5.86. The maximum Gasteiger partial charge on any atom is 0.113 e. The van der Waals surface area contributed by atoms with Crippen molar-refractivity contribution in [2.24, 2.45) is 0 Å². The Morgan fingerprint density at radius 1 is 1.12 bits per heavy atom. The van der Waals surface area contributed by atoms with E-state index in [1.54, 1.807) is 0 Å². The minimum Gasteiger partial charge on any atom is -0.369 e. The average molecular weight is 216 g/mol. The third kappa shape index (κ3) is 1.92. The minimum absolute atomic E-state index is 0.238. The highest BCUT2D eigenvalue weighted by molar-refractivity contribution is 5.32. The predicted molar refractivity (Wildman–Crippen MR) is 67.4 cm³/mol. The van der Waals surface area contributed by atoms with Crippen LogP contribution in [0.4, 0.5) is 0 Å². The summed E-state index contributed by atoms with van der Waals surface area (Å²) in [7, 11) is 1.81. The summed E-state index contributed by atoms with van der Waals surface area (Å²) < 4.78 is 5.86. The van der Waals surface area contributed by atoms with Crippen molar-refractivity contribution in [1.29, 1.82) is 0 Å². The van der Waals surface area contributed by atoms with Gasteiger partial charge in [-0.1, -0.05) is 43.3 Å². The third-order valence-corrected chi connectivity index (χ3v) is 3.67. The smallest absolute Gasteiger partial charge is 0.113 e. The summed E-state index contributed by atoms with van der Waals surface area (Å²) in [5.41, 5.74) is 2.25. The molecule has 1 aromatic rings. The SMILES string of the molecule is C=C1CCCCCC1(OC)c1ccccc1. The molecule has 16 heavy (non-hydrogen) atoms. The molecule has 1 saturated carbocycles. The number of ether oxygens (including phenoxy) is 1. The summed E-state index contributed by atoms with van der Waals surface area (Å²) in [4.78, 5) is 0. The maximum absolute atomic E-state index is 5.86. The molecule has 1 aliphatic carbocycles. The molecule has 0 aromatic heterocycles. The average Bonchev–Trinajstić information content (AvgIpc) is 2.53. The fourth-order valence-corrected chi connectivity index (χ4v) is 2.69. The molecule has 0 N–H and O–H groups in total. The fourth-order valence-electron chi connectivity index (χ4n) is 2.69. The molecule has 0 heterocycles. The minimum atomic E-state index is -0.238. The van der Waals surface area contributed by atoms with E-state index in [-0.39, 0.29) is 5.60 Å². The van der Waals surface area contributed by atoms with Crippen LogP contribution < -0.4 is 0 Å². The van der Waals surface area contributed by atoms with Gasteiger partial charge in [0.25, 0.3) is 0 Å². The standard InChI is InChI=1S/C15H20O/c1-13-9-5-4-8-12-15(13,16-2)14-10-6-3-7-11-14/h3,6-7,10-11H,1,4-5,8-9,12H2,2H3. The van der Waals surface area contributed by atoms with Gasteiger partial charge in [-0.25, -0.2) is 0 Å². The molecule has 2 rings (SSSR count). The summed E-state index contributed by atoms with van der Waals surface area (Å²) in [6.07, 6.45) is 5.91. The Kier molecular flexibility index (Phi) is 3.45. The largest absolute Gasteiger partial charge is 0.369 e. The van der Waals surface area contributed by atoms with E-state index < -0.39 is 0 Å². The van der Waals surface area contributed by atoms with Crippen LogP contribution in [0.25, 0.3) is 0 Å². The number of hydrogen-bond acceptors (Lipinski definition) is 1. The first kappa shape index (κ1) is 11.4. The van der Waals surface area contributed by atoms with E-state index in [9.17, 15) is 0 Å². The van der Waals surface area contributed by atoms with E-state index in [0.29, 0.717) is 0 Å². The molecule has 1 heteroatoms. The van der Waals surface area contributed by atoms with Crippen molar-refractivity contribution in [2.75, 3.05) is 7.11 Å². The van der Waals surface area contributed by atoms with Crippen molar-refractivity contribution in [2.45, 2.75) is 37.7 Å². The van der Waals surface area contributed by atoms with Crippen molar-refractivity contribution < 1.29 is 4.74 Å². The molecule has 0 bridgehead atoms. The first-order valence-electron chi connectivity index (χ1n) is 6.08. The normalized spacial score (nSPS) is 26.4. The van der Waals surface area contributed by atoms with Gasteiger partial charge in [-0.15, -0.1) is 0 Å². The summed E-state index contributed by atoms with van der Waals surface area (Å²) in [5.74, 6) is 0. The molecule has 0 radical (unpaired) electrons. The van der Waals surface area contributed by atoms with Gasteiger partial charge in [-0.05, 0) is 36.8 Å². The molecule has 1 atom stereocenters. The molecule has 86 valence electrons. The van der Waals surface area contributed by atoms with Gasteiger partial charge in [0.2, 0.25) is 0 Å². The number of hydrogen-bond donors (Lipinski definition) is 0. The van der Waals surface area contributed by atoms with E-state index in [0.717, 1.165) is 12.8 Å². The van der Waals surface area contributed by atoms with Crippen LogP contribution in [-0.2, 0) is 10.3 Å². The molecule has 1 unspecified atom stereocenters. The molecule has 0 saturated heterocycles. The Bertz CT molecular complexity index is 355. The molecule has 0 spiro atoms. The lowest BCUT2D eigenvalue weighted by Crippen LogP contribution is -2.29. The van der Waals surface area contributed by atoms with Crippen LogP contribution >= 0.6 is 0 Å². The molecule has 0 amide bonds. The van der Waals surface area contributed by atoms with Crippen molar-refractivity contribution in [1.82, 2.24) is 0 Å². The van der Waals surface area contributed by atoms with Crippen LogP contribution in [0.15, 0.2) is 42.5 Å². The summed E-state index contributed by atoms with van der Waals surface area (Å²) in [6, 6.07) is 10.5. The molecule has 1 aromatic carbocycles. The second-order valence-corrected chi connectivity index (χ2v) is 4.56. The number of rotatable bonds is 2. The van der Waals surface area contributed by atoms with Crippen molar-refractivity contribution >= 4 is 0 Å². The van der Waals surface area contributed by atoms with Crippen LogP contribution in [0, 0.1) is 0 Å². The third-order valence-electron chi connectivity index (χ3n) is 3.67. The van der Waals surface area contributed by atoms with Gasteiger partial charge in [0, 0.05) is 7.11 Å². The summed E-state index contributed by atoms with van der Waals surface area (Å²) in [6.45, 7) is 4.25. The van der Waals surface area contributed by atoms with Crippen LogP contribution in [-0.4, -0.2) is 7.11 Å². The number of benzene rings is 1. The topological polar surface area (TPSA) is 9.23 Å². The van der Waals surface area contributed by atoms with E-state index in [1.807, 2.05) is 13.2 Å². The quantitative estimate of drug-likeness (QED) is 0.535. The van der Waals surface area contributed by atoms with E-state index >= 15 is 0 Å². The predicted octanol–water partition coefficient (Wildman–Crippen LogP) is 4.05. The van der Waals surface area contributed by atoms with Crippen molar-refractivity contribution in [3.8, 4) is 0 Å². The van der Waals surface area contributed by atoms with Crippen LogP contribution in [0.5, 0.6) is 0 Å². The zero-order chi connectivity index (χ0) is 11.4. The highest BCUT2D eigenvalue weighted by atomic mass is 16.5. The zero-order valence-corrected chi connectivity index (χ0v) is 10.0. The van der Waals surface area contributed by atoms with Crippen LogP contribution in [0.2, 0.25) is 0 Å². The Morgan fingerprint density at radius 3 is 2.56 bits per heavy atom. The number of methoxy groups -OCH3 is 1. The Hall–Kier alpha value is -1.08. The molecule has 1 aliphatic rings. The van der Waals surface area contributed by atoms with Gasteiger partial charge in [-0.2, -0.15) is 0 Å². The monoisotopic (exact) mass is 216 g/mol. The highest BCUT2D eigenvalue weighted by Gasteiger charge is 2.35. The van der Waals surface area contributed by atoms with Gasteiger partial charge >= 0.3 is 0 Å². The van der Waals surface area contributed by atoms with Crippen molar-refractivity contribution in [3.05, 3.63) is 48.0 Å². The Morgan fingerprint density at radius 2 is 1.88 bits per heavy atom. The van der Waals surface area contributed by atoms with E-state index in [4.69, 9.17) is 4.74 Å². The molecule has 0 aliphatic heterocycles. The lowest BCUT2D eigenvalue weighted by atomic mass is 9.83. The first-order chi connectivity index (χ1) is 7.79. The van der Waals surface area contributed by atoms with E-state index in [2.05, 4.69) is 30.8 Å². The lowest BCUT2D eigenvalue weighted by Gasteiger charge is -2.34. The second-order valence-electron chi connectivity index (χ2n) is 4.56. The summed E-state index contributed by atoms with van der Waals surface area (Å²) >= 11 is 0. The fraction of sp³-hybridized carbons (Fsp3) is 0.467. The van der Waals surface area contributed by atoms with Gasteiger partial charge in [0.15, 0.2) is 0 Å². The Labute approximate surface area is 98.1 Å². The van der Waals surface area contributed by atoms with Crippen LogP contribution in [0.3, 0.4) is 0 Å². The lowest BCUT2D eigenvalue weighted by molar-refractivity contribution is 0.0103. The molecule has 1 nitrogen and oxygen atoms in total. The van der Waals surface area contributed by atoms with E-state index in [1.165, 1.54) is 30.4 Å². The van der Waals surface area contributed by atoms with Crippen molar-refractivity contribution in [3.63, 3.8) is 0 Å². The van der Waals surface area contributed by atoms with Gasteiger partial charge in [0.1, 0.15) is 5.60 Å². The molecular weight excluding hydrogens is 196 g/mol. The summed E-state index contributed by atoms with van der Waals surface area (Å²) in [5, 5.41) is 0. The first-order valence-corrected chi connectivity index (χ1v) is 6.08. The van der Waals surface area contributed by atoms with Gasteiger partial charge in [-0.3, -0.25) is 0 Å². The molecule has 1 fully saturated rings. The molecular formula is C15H20O. The Balaban J connectivity index is 2.40. The van der Waals surface area contributed by atoms with Gasteiger partial charge in [0.05, 0.1) is 0 Å². The van der Waals surface area contributed by atoms with Crippen LogP contribution in [0.1, 0.15) is 37.7 Å². The second kappa shape index (κ2) is 4.84. The zero-order valence-electron chi connectivity index (χ0n) is 10.0.